The van der Waals surface area contributed by atoms with Crippen LogP contribution in [0.2, 0.25) is 0 Å². The van der Waals surface area contributed by atoms with E-state index in [0.29, 0.717) is 5.69 Å². The minimum absolute atomic E-state index is 0.0107. The first-order chi connectivity index (χ1) is 9.56. The number of carboxylic acids is 1. The number of aromatic nitrogens is 4. The minimum Gasteiger partial charge on any atom is -0.481 e. The molecule has 10 heteroatoms. The van der Waals surface area contributed by atoms with Gasteiger partial charge in [0.1, 0.15) is 5.75 Å². The van der Waals surface area contributed by atoms with E-state index in [1.165, 1.54) is 28.9 Å². The Morgan fingerprint density at radius 2 is 2.10 bits per heavy atom. The normalized spacial score (nSPS) is 10.8. The number of benzene rings is 1. The van der Waals surface area contributed by atoms with Gasteiger partial charge in [-0.25, -0.2) is 0 Å². The van der Waals surface area contributed by atoms with Crippen LogP contribution in [0.3, 0.4) is 0 Å². The van der Waals surface area contributed by atoms with E-state index in [4.69, 9.17) is 5.11 Å². The second kappa shape index (κ2) is 6.28. The van der Waals surface area contributed by atoms with Gasteiger partial charge in [0.05, 0.1) is 11.4 Å². The molecule has 0 aliphatic carbocycles. The molecule has 20 heavy (non-hydrogen) atoms. The fraction of sp³-hybridized carbons (Fsp3) is 0.200. The summed E-state index contributed by atoms with van der Waals surface area (Å²) in [6.07, 6.45) is 0. The number of hydrogen-bond acceptors (Lipinski definition) is 6. The number of hydrogen-bond donors (Lipinski definition) is 1. The van der Waals surface area contributed by atoms with Crippen molar-refractivity contribution in [2.75, 3.05) is 5.75 Å². The van der Waals surface area contributed by atoms with Crippen LogP contribution in [-0.4, -0.2) is 43.6 Å². The maximum atomic E-state index is 12.0. The number of ether oxygens (including phenoxy) is 1. The lowest BCUT2D eigenvalue weighted by atomic mass is 10.3. The molecule has 0 fully saturated rings. The van der Waals surface area contributed by atoms with Gasteiger partial charge in [0.2, 0.25) is 5.16 Å². The highest BCUT2D eigenvalue weighted by atomic mass is 32.2. The number of thioether (sulfide) groups is 1. The Balaban J connectivity index is 2.15. The molecule has 0 aliphatic rings. The predicted octanol–water partition coefficient (Wildman–Crippen LogP) is 1.44. The fourth-order valence-electron chi connectivity index (χ4n) is 1.33. The van der Waals surface area contributed by atoms with Crippen molar-refractivity contribution < 1.29 is 23.4 Å². The Hall–Kier alpha value is -2.23. The van der Waals surface area contributed by atoms with Gasteiger partial charge in [0.25, 0.3) is 0 Å². The van der Waals surface area contributed by atoms with Gasteiger partial charge in [-0.1, -0.05) is 11.8 Å². The molecule has 0 saturated carbocycles. The van der Waals surface area contributed by atoms with Crippen LogP contribution >= 0.6 is 11.8 Å². The highest BCUT2D eigenvalue weighted by Gasteiger charge is 2.11. The predicted molar refractivity (Wildman–Crippen MR) is 64.1 cm³/mol. The van der Waals surface area contributed by atoms with Crippen LogP contribution in [0.4, 0.5) is 8.78 Å². The summed E-state index contributed by atoms with van der Waals surface area (Å²) in [5.41, 5.74) is 0.504. The second-order valence-corrected chi connectivity index (χ2v) is 4.37. The average molecular weight is 302 g/mol. The van der Waals surface area contributed by atoms with Gasteiger partial charge in [0, 0.05) is 0 Å². The number of carboxylic acid groups (broad SMARTS) is 1. The Morgan fingerprint density at radius 3 is 2.70 bits per heavy atom. The van der Waals surface area contributed by atoms with E-state index >= 15 is 0 Å². The van der Waals surface area contributed by atoms with E-state index in [9.17, 15) is 13.6 Å². The quantitative estimate of drug-likeness (QED) is 0.807. The van der Waals surface area contributed by atoms with Gasteiger partial charge in [-0.15, -0.1) is 5.10 Å². The Kier molecular flexibility index (Phi) is 4.45. The van der Waals surface area contributed by atoms with E-state index in [-0.39, 0.29) is 16.7 Å². The number of nitrogens with zero attached hydrogens (tertiary/aromatic N) is 4. The van der Waals surface area contributed by atoms with Gasteiger partial charge in [-0.3, -0.25) is 4.79 Å². The molecule has 1 heterocycles. The average Bonchev–Trinajstić information content (AvgIpc) is 2.85. The van der Waals surface area contributed by atoms with Crippen molar-refractivity contribution in [3.05, 3.63) is 24.3 Å². The molecule has 106 valence electrons. The van der Waals surface area contributed by atoms with Crippen molar-refractivity contribution in [3.63, 3.8) is 0 Å². The fourth-order valence-corrected chi connectivity index (χ4v) is 1.94. The largest absolute Gasteiger partial charge is 0.481 e. The molecule has 7 nitrogen and oxygen atoms in total. The van der Waals surface area contributed by atoms with E-state index in [2.05, 4.69) is 20.3 Å². The number of carbonyl (C=O) groups is 1. The van der Waals surface area contributed by atoms with Crippen LogP contribution in [0, 0.1) is 0 Å². The summed E-state index contributed by atoms with van der Waals surface area (Å²) in [5, 5.41) is 19.7. The van der Waals surface area contributed by atoms with Crippen molar-refractivity contribution in [2.24, 2.45) is 0 Å². The van der Waals surface area contributed by atoms with E-state index in [1.807, 2.05) is 0 Å². The highest BCUT2D eigenvalue weighted by Crippen LogP contribution is 2.21. The molecular weight excluding hydrogens is 294 g/mol. The van der Waals surface area contributed by atoms with Gasteiger partial charge >= 0.3 is 12.6 Å². The van der Waals surface area contributed by atoms with Crippen LogP contribution in [0.25, 0.3) is 5.69 Å². The van der Waals surface area contributed by atoms with Crippen LogP contribution in [-0.2, 0) is 4.79 Å². The standard InChI is InChI=1S/C10H8F2N4O3S/c11-9(12)19-7-3-1-6(2-4-7)16-10(13-14-15-16)20-5-8(17)18/h1-4,9H,5H2,(H,17,18). The molecule has 1 aromatic heterocycles. The molecule has 0 radical (unpaired) electrons. The molecule has 0 atom stereocenters. The summed E-state index contributed by atoms with van der Waals surface area (Å²) in [4.78, 5) is 10.5. The van der Waals surface area contributed by atoms with E-state index < -0.39 is 12.6 Å². The van der Waals surface area contributed by atoms with E-state index in [1.54, 1.807) is 0 Å². The molecule has 1 N–H and O–H groups in total. The zero-order valence-electron chi connectivity index (χ0n) is 9.81. The molecule has 2 aromatic rings. The number of aliphatic carboxylic acids is 1. The smallest absolute Gasteiger partial charge is 0.387 e. The summed E-state index contributed by atoms with van der Waals surface area (Å²) < 4.78 is 29.6. The summed E-state index contributed by atoms with van der Waals surface area (Å²) in [6.45, 7) is -2.89. The summed E-state index contributed by atoms with van der Waals surface area (Å²) in [5.74, 6) is -1.17. The first-order valence-electron chi connectivity index (χ1n) is 5.24. The molecule has 2 rings (SSSR count). The van der Waals surface area contributed by atoms with Gasteiger partial charge in [-0.05, 0) is 34.7 Å². The minimum atomic E-state index is -2.89. The topological polar surface area (TPSA) is 90.1 Å². The van der Waals surface area contributed by atoms with E-state index in [0.717, 1.165) is 11.8 Å². The van der Waals surface area contributed by atoms with Crippen molar-refractivity contribution in [2.45, 2.75) is 11.8 Å². The molecule has 0 unspecified atom stereocenters. The third kappa shape index (κ3) is 3.63. The van der Waals surface area contributed by atoms with Gasteiger partial charge in [0.15, 0.2) is 0 Å². The van der Waals surface area contributed by atoms with Crippen LogP contribution < -0.4 is 4.74 Å². The van der Waals surface area contributed by atoms with Crippen LogP contribution in [0.1, 0.15) is 0 Å². The molecule has 0 saturated heterocycles. The molecule has 1 aromatic carbocycles. The first kappa shape index (κ1) is 14.2. The molecule has 0 aliphatic heterocycles. The summed E-state index contributed by atoms with van der Waals surface area (Å²) in [6, 6.07) is 5.65. The Morgan fingerprint density at radius 1 is 1.40 bits per heavy atom. The third-order valence-electron chi connectivity index (χ3n) is 2.07. The van der Waals surface area contributed by atoms with Gasteiger partial charge in [-0.2, -0.15) is 13.5 Å². The lowest BCUT2D eigenvalue weighted by molar-refractivity contribution is -0.133. The molecular formula is C10H8F2N4O3S. The van der Waals surface area contributed by atoms with Crippen molar-refractivity contribution >= 4 is 17.7 Å². The lowest BCUT2D eigenvalue weighted by Gasteiger charge is -2.06. The third-order valence-corrected chi connectivity index (χ3v) is 2.98. The van der Waals surface area contributed by atoms with Crippen molar-refractivity contribution in [1.29, 1.82) is 0 Å². The second-order valence-electron chi connectivity index (χ2n) is 3.43. The molecule has 0 spiro atoms. The van der Waals surface area contributed by atoms with Crippen molar-refractivity contribution in [3.8, 4) is 11.4 Å². The number of halogens is 2. The zero-order valence-corrected chi connectivity index (χ0v) is 10.6. The Labute approximate surface area is 115 Å². The van der Waals surface area contributed by atoms with Crippen LogP contribution in [0.15, 0.2) is 29.4 Å². The molecule has 0 bridgehead atoms. The lowest BCUT2D eigenvalue weighted by Crippen LogP contribution is -2.04. The maximum absolute atomic E-state index is 12.0. The molecule has 0 amide bonds. The summed E-state index contributed by atoms with van der Waals surface area (Å²) in [7, 11) is 0. The highest BCUT2D eigenvalue weighted by molar-refractivity contribution is 7.99. The van der Waals surface area contributed by atoms with Crippen LogP contribution in [0.5, 0.6) is 5.75 Å². The number of alkyl halides is 2. The van der Waals surface area contributed by atoms with Crippen molar-refractivity contribution in [1.82, 2.24) is 20.2 Å². The number of tetrazole rings is 1. The zero-order chi connectivity index (χ0) is 14.5. The monoisotopic (exact) mass is 302 g/mol. The Bertz CT molecular complexity index is 590. The first-order valence-corrected chi connectivity index (χ1v) is 6.23. The maximum Gasteiger partial charge on any atom is 0.387 e. The SMILES string of the molecule is O=C(O)CSc1nnnn1-c1ccc(OC(F)F)cc1. The summed E-state index contributed by atoms with van der Waals surface area (Å²) >= 11 is 0.948. The van der Waals surface area contributed by atoms with Gasteiger partial charge < -0.3 is 9.84 Å². The number of rotatable bonds is 6.